The Labute approximate surface area is 119 Å². The van der Waals surface area contributed by atoms with Crippen LogP contribution in [0.15, 0.2) is 48.5 Å². The molecule has 0 N–H and O–H groups in total. The van der Waals surface area contributed by atoms with E-state index in [0.29, 0.717) is 5.92 Å². The van der Waals surface area contributed by atoms with Crippen molar-refractivity contribution in [1.29, 1.82) is 0 Å². The lowest BCUT2D eigenvalue weighted by Crippen LogP contribution is -1.98. The van der Waals surface area contributed by atoms with Crippen LogP contribution in [0.3, 0.4) is 0 Å². The smallest absolute Gasteiger partial charge is 0.0717 e. The van der Waals surface area contributed by atoms with Crippen molar-refractivity contribution in [3.63, 3.8) is 0 Å². The van der Waals surface area contributed by atoms with E-state index in [0.717, 1.165) is 11.9 Å². The Hall–Kier alpha value is -2.15. The first kappa shape index (κ1) is 11.7. The van der Waals surface area contributed by atoms with E-state index in [1.807, 2.05) is 0 Å². The van der Waals surface area contributed by atoms with Crippen molar-refractivity contribution in [2.24, 2.45) is 5.92 Å². The van der Waals surface area contributed by atoms with E-state index < -0.39 is 0 Å². The molecule has 2 aromatic carbocycles. The largest absolute Gasteiger partial charge is 0.253 e. The van der Waals surface area contributed by atoms with E-state index in [9.17, 15) is 0 Å². The molecule has 1 nitrogen and oxygen atoms in total. The summed E-state index contributed by atoms with van der Waals surface area (Å²) in [4.78, 5) is 4.86. The SMILES string of the molecule is CC(C)Cc1cc2c3c(cccc3n1)-c1ccccc1-2. The molecule has 0 bridgehead atoms. The summed E-state index contributed by atoms with van der Waals surface area (Å²) in [6.07, 6.45) is 1.04. The molecule has 0 spiro atoms. The maximum Gasteiger partial charge on any atom is 0.0717 e. The monoisotopic (exact) mass is 259 g/mol. The minimum atomic E-state index is 0.631. The highest BCUT2D eigenvalue weighted by Crippen LogP contribution is 2.46. The third-order valence-corrected chi connectivity index (χ3v) is 4.01. The summed E-state index contributed by atoms with van der Waals surface area (Å²) < 4.78 is 0. The molecule has 1 heterocycles. The fraction of sp³-hybridized carbons (Fsp3) is 0.211. The van der Waals surface area contributed by atoms with E-state index in [1.54, 1.807) is 0 Å². The number of hydrogen-bond acceptors (Lipinski definition) is 1. The second-order valence-corrected chi connectivity index (χ2v) is 6.00. The normalized spacial score (nSPS) is 12.2. The average molecular weight is 259 g/mol. The van der Waals surface area contributed by atoms with Crippen molar-refractivity contribution in [3.05, 3.63) is 54.2 Å². The molecular weight excluding hydrogens is 242 g/mol. The maximum absolute atomic E-state index is 4.86. The minimum Gasteiger partial charge on any atom is -0.253 e. The lowest BCUT2D eigenvalue weighted by molar-refractivity contribution is 0.637. The first-order valence-electron chi connectivity index (χ1n) is 7.26. The Bertz CT molecular complexity index is 815. The Morgan fingerprint density at radius 3 is 2.30 bits per heavy atom. The van der Waals surface area contributed by atoms with Crippen LogP contribution >= 0.6 is 0 Å². The second kappa shape index (κ2) is 4.17. The molecule has 0 fully saturated rings. The molecule has 1 aliphatic carbocycles. The van der Waals surface area contributed by atoms with Crippen LogP contribution in [0.2, 0.25) is 0 Å². The molecule has 0 aliphatic heterocycles. The first-order valence-corrected chi connectivity index (χ1v) is 7.26. The molecule has 0 unspecified atom stereocenters. The van der Waals surface area contributed by atoms with Crippen molar-refractivity contribution in [3.8, 4) is 22.3 Å². The molecule has 4 rings (SSSR count). The Morgan fingerprint density at radius 2 is 1.55 bits per heavy atom. The molecular formula is C19H17N. The van der Waals surface area contributed by atoms with E-state index in [-0.39, 0.29) is 0 Å². The number of benzene rings is 2. The van der Waals surface area contributed by atoms with Crippen LogP contribution in [0.25, 0.3) is 33.2 Å². The highest BCUT2D eigenvalue weighted by molar-refractivity contribution is 6.14. The van der Waals surface area contributed by atoms with Gasteiger partial charge >= 0.3 is 0 Å². The summed E-state index contributed by atoms with van der Waals surface area (Å²) in [5.41, 5.74) is 7.72. The molecule has 0 atom stereocenters. The van der Waals surface area contributed by atoms with Gasteiger partial charge in [0.25, 0.3) is 0 Å². The van der Waals surface area contributed by atoms with Crippen molar-refractivity contribution in [1.82, 2.24) is 4.98 Å². The van der Waals surface area contributed by atoms with Gasteiger partial charge in [-0.15, -0.1) is 0 Å². The van der Waals surface area contributed by atoms with Crippen molar-refractivity contribution >= 4 is 10.9 Å². The molecule has 0 radical (unpaired) electrons. The van der Waals surface area contributed by atoms with Crippen molar-refractivity contribution in [2.45, 2.75) is 20.3 Å². The first-order chi connectivity index (χ1) is 9.74. The molecule has 1 aromatic heterocycles. The zero-order valence-electron chi connectivity index (χ0n) is 11.9. The molecule has 0 saturated carbocycles. The van der Waals surface area contributed by atoms with Crippen LogP contribution in [0.1, 0.15) is 19.5 Å². The van der Waals surface area contributed by atoms with Crippen LogP contribution < -0.4 is 0 Å². The van der Waals surface area contributed by atoms with Crippen LogP contribution in [0.4, 0.5) is 0 Å². The van der Waals surface area contributed by atoms with Crippen LogP contribution in [-0.2, 0) is 6.42 Å². The predicted molar refractivity (Wildman–Crippen MR) is 84.7 cm³/mol. The summed E-state index contributed by atoms with van der Waals surface area (Å²) >= 11 is 0. The van der Waals surface area contributed by atoms with Crippen molar-refractivity contribution < 1.29 is 0 Å². The maximum atomic E-state index is 4.86. The van der Waals surface area contributed by atoms with E-state index >= 15 is 0 Å². The summed E-state index contributed by atoms with van der Waals surface area (Å²) in [6, 6.07) is 17.4. The highest BCUT2D eigenvalue weighted by Gasteiger charge is 2.21. The van der Waals surface area contributed by atoms with Gasteiger partial charge in [-0.25, -0.2) is 0 Å². The topological polar surface area (TPSA) is 12.9 Å². The summed E-state index contributed by atoms with van der Waals surface area (Å²) in [5.74, 6) is 0.631. The fourth-order valence-electron chi connectivity index (χ4n) is 3.25. The number of aromatic nitrogens is 1. The zero-order valence-corrected chi connectivity index (χ0v) is 11.9. The summed E-state index contributed by atoms with van der Waals surface area (Å²) in [6.45, 7) is 4.49. The van der Waals surface area contributed by atoms with Gasteiger partial charge in [-0.05, 0) is 46.7 Å². The quantitative estimate of drug-likeness (QED) is 0.489. The standard InChI is InChI=1S/C19H17N/c1-12(2)10-13-11-17-15-7-4-3-6-14(15)16-8-5-9-18(20-13)19(16)17/h3-9,11-12H,10H2,1-2H3. The molecule has 98 valence electrons. The highest BCUT2D eigenvalue weighted by atomic mass is 14.7. The predicted octanol–water partition coefficient (Wildman–Crippen LogP) is 5.08. The number of pyridine rings is 1. The Morgan fingerprint density at radius 1 is 0.850 bits per heavy atom. The van der Waals surface area contributed by atoms with Gasteiger partial charge < -0.3 is 0 Å². The third kappa shape index (κ3) is 1.59. The number of fused-ring (bicyclic) bond motifs is 3. The van der Waals surface area contributed by atoms with Gasteiger partial charge in [-0.3, -0.25) is 4.98 Å². The van der Waals surface area contributed by atoms with Gasteiger partial charge in [0.15, 0.2) is 0 Å². The number of nitrogens with zero attached hydrogens (tertiary/aromatic N) is 1. The van der Waals surface area contributed by atoms with Crippen LogP contribution in [-0.4, -0.2) is 4.98 Å². The molecule has 0 saturated heterocycles. The lowest BCUT2D eigenvalue weighted by Gasteiger charge is -2.08. The third-order valence-electron chi connectivity index (χ3n) is 4.01. The molecule has 1 aliphatic rings. The van der Waals surface area contributed by atoms with Gasteiger partial charge in [0, 0.05) is 11.1 Å². The van der Waals surface area contributed by atoms with Gasteiger partial charge in [-0.1, -0.05) is 50.2 Å². The summed E-state index contributed by atoms with van der Waals surface area (Å²) in [5, 5.41) is 1.32. The van der Waals surface area contributed by atoms with Gasteiger partial charge in [-0.2, -0.15) is 0 Å². The fourth-order valence-corrected chi connectivity index (χ4v) is 3.25. The second-order valence-electron chi connectivity index (χ2n) is 6.00. The zero-order chi connectivity index (χ0) is 13.7. The number of rotatable bonds is 2. The minimum absolute atomic E-state index is 0.631. The van der Waals surface area contributed by atoms with Crippen LogP contribution in [0.5, 0.6) is 0 Å². The average Bonchev–Trinajstić information content (AvgIpc) is 2.75. The molecule has 1 heteroatoms. The number of hydrogen-bond donors (Lipinski definition) is 0. The molecule has 0 amide bonds. The van der Waals surface area contributed by atoms with E-state index in [1.165, 1.54) is 33.3 Å². The van der Waals surface area contributed by atoms with E-state index in [2.05, 4.69) is 62.4 Å². The van der Waals surface area contributed by atoms with Gasteiger partial charge in [0.05, 0.1) is 5.52 Å². The Balaban J connectivity index is 2.06. The molecule has 20 heavy (non-hydrogen) atoms. The van der Waals surface area contributed by atoms with Crippen LogP contribution in [0, 0.1) is 5.92 Å². The lowest BCUT2D eigenvalue weighted by atomic mass is 10.0. The van der Waals surface area contributed by atoms with E-state index in [4.69, 9.17) is 4.98 Å². The summed E-state index contributed by atoms with van der Waals surface area (Å²) in [7, 11) is 0. The van der Waals surface area contributed by atoms with Gasteiger partial charge in [0.1, 0.15) is 0 Å². The van der Waals surface area contributed by atoms with Crippen molar-refractivity contribution in [2.75, 3.05) is 0 Å². The van der Waals surface area contributed by atoms with Gasteiger partial charge in [0.2, 0.25) is 0 Å². The molecule has 3 aromatic rings. The Kier molecular flexibility index (Phi) is 2.43.